The van der Waals surface area contributed by atoms with Crippen LogP contribution in [0.15, 0.2) is 42.5 Å². The number of amides is 1. The first-order valence-electron chi connectivity index (χ1n) is 6.86. The highest BCUT2D eigenvalue weighted by Crippen LogP contribution is 2.25. The monoisotopic (exact) mass is 331 g/mol. The number of carbonyl (C=O) groups is 1. The van der Waals surface area contributed by atoms with Gasteiger partial charge in [-0.2, -0.15) is 0 Å². The lowest BCUT2D eigenvalue weighted by molar-refractivity contribution is -0.118. The molecule has 1 amide bonds. The molecule has 0 saturated heterocycles. The van der Waals surface area contributed by atoms with Crippen molar-refractivity contribution in [3.63, 3.8) is 0 Å². The van der Waals surface area contributed by atoms with Crippen molar-refractivity contribution in [2.75, 3.05) is 19.0 Å². The Labute approximate surface area is 137 Å². The van der Waals surface area contributed by atoms with E-state index in [1.165, 1.54) is 0 Å². The minimum Gasteiger partial charge on any atom is -0.493 e. The van der Waals surface area contributed by atoms with Crippen LogP contribution in [0.1, 0.15) is 0 Å². The standard InChI is InChI=1S/C16H14ClN3O3/c1-22-13-4-2-3-5-14(13)23-9-15(21)18-10-6-7-11-12(8-10)20-16(17)19-11/h2-8H,9H2,1H3,(H,18,21)(H,19,20). The Bertz CT molecular complexity index is 847. The molecular weight excluding hydrogens is 318 g/mol. The smallest absolute Gasteiger partial charge is 0.262 e. The van der Waals surface area contributed by atoms with Crippen molar-refractivity contribution in [1.29, 1.82) is 0 Å². The average Bonchev–Trinajstić information content (AvgIpc) is 2.92. The zero-order chi connectivity index (χ0) is 16.2. The Morgan fingerprint density at radius 1 is 1.26 bits per heavy atom. The summed E-state index contributed by atoms with van der Waals surface area (Å²) >= 11 is 5.80. The van der Waals surface area contributed by atoms with Crippen molar-refractivity contribution >= 4 is 34.2 Å². The van der Waals surface area contributed by atoms with E-state index in [0.29, 0.717) is 22.5 Å². The molecule has 3 rings (SSSR count). The van der Waals surface area contributed by atoms with Crippen molar-refractivity contribution in [3.8, 4) is 11.5 Å². The average molecular weight is 332 g/mol. The fourth-order valence-electron chi connectivity index (χ4n) is 2.13. The molecule has 1 heterocycles. The molecular formula is C16H14ClN3O3. The van der Waals surface area contributed by atoms with E-state index in [-0.39, 0.29) is 12.5 Å². The number of H-pyrrole nitrogens is 1. The number of nitrogens with one attached hydrogen (secondary N) is 2. The van der Waals surface area contributed by atoms with Crippen molar-refractivity contribution < 1.29 is 14.3 Å². The van der Waals surface area contributed by atoms with Crippen LogP contribution in [0.3, 0.4) is 0 Å². The first kappa shape index (κ1) is 15.2. The van der Waals surface area contributed by atoms with E-state index in [9.17, 15) is 4.79 Å². The minimum absolute atomic E-state index is 0.123. The van der Waals surface area contributed by atoms with Gasteiger partial charge in [-0.3, -0.25) is 4.79 Å². The van der Waals surface area contributed by atoms with Crippen molar-refractivity contribution in [1.82, 2.24) is 9.97 Å². The molecule has 0 unspecified atom stereocenters. The third kappa shape index (κ3) is 3.54. The second kappa shape index (κ2) is 6.58. The summed E-state index contributed by atoms with van der Waals surface area (Å²) < 4.78 is 10.6. The van der Waals surface area contributed by atoms with Crippen LogP contribution in [0.25, 0.3) is 11.0 Å². The van der Waals surface area contributed by atoms with Gasteiger partial charge in [0.15, 0.2) is 18.1 Å². The lowest BCUT2D eigenvalue weighted by Gasteiger charge is -2.10. The molecule has 7 heteroatoms. The highest BCUT2D eigenvalue weighted by Gasteiger charge is 2.08. The molecule has 0 aliphatic rings. The number of aromatic amines is 1. The zero-order valence-corrected chi connectivity index (χ0v) is 13.1. The fraction of sp³-hybridized carbons (Fsp3) is 0.125. The predicted molar refractivity (Wildman–Crippen MR) is 88.2 cm³/mol. The van der Waals surface area contributed by atoms with Crippen LogP contribution in [-0.4, -0.2) is 29.6 Å². The molecule has 0 saturated carbocycles. The van der Waals surface area contributed by atoms with Gasteiger partial charge in [0.1, 0.15) is 0 Å². The maximum absolute atomic E-state index is 12.0. The van der Waals surface area contributed by atoms with E-state index < -0.39 is 0 Å². The molecule has 0 aliphatic heterocycles. The van der Waals surface area contributed by atoms with E-state index in [4.69, 9.17) is 21.1 Å². The second-order valence-corrected chi connectivity index (χ2v) is 5.11. The zero-order valence-electron chi connectivity index (χ0n) is 12.3. The lowest BCUT2D eigenvalue weighted by atomic mass is 10.3. The Hall–Kier alpha value is -2.73. The van der Waals surface area contributed by atoms with Gasteiger partial charge in [0.2, 0.25) is 5.28 Å². The van der Waals surface area contributed by atoms with Crippen LogP contribution in [0.5, 0.6) is 11.5 Å². The van der Waals surface area contributed by atoms with Crippen LogP contribution in [0, 0.1) is 0 Å². The van der Waals surface area contributed by atoms with E-state index in [1.807, 2.05) is 12.1 Å². The summed E-state index contributed by atoms with van der Waals surface area (Å²) in [5.74, 6) is 0.815. The molecule has 0 radical (unpaired) electrons. The molecule has 118 valence electrons. The maximum atomic E-state index is 12.0. The molecule has 0 aliphatic carbocycles. The molecule has 0 atom stereocenters. The van der Waals surface area contributed by atoms with Gasteiger partial charge in [-0.15, -0.1) is 0 Å². The molecule has 6 nitrogen and oxygen atoms in total. The summed E-state index contributed by atoms with van der Waals surface area (Å²) in [4.78, 5) is 19.0. The number of benzene rings is 2. The number of hydrogen-bond acceptors (Lipinski definition) is 4. The van der Waals surface area contributed by atoms with Gasteiger partial charge < -0.3 is 19.8 Å². The molecule has 2 N–H and O–H groups in total. The Morgan fingerprint density at radius 3 is 2.83 bits per heavy atom. The summed E-state index contributed by atoms with van der Waals surface area (Å²) in [6.45, 7) is -0.123. The van der Waals surface area contributed by atoms with Gasteiger partial charge in [0.05, 0.1) is 18.1 Å². The summed E-state index contributed by atoms with van der Waals surface area (Å²) in [5, 5.41) is 3.06. The Kier molecular flexibility index (Phi) is 4.34. The molecule has 23 heavy (non-hydrogen) atoms. The topological polar surface area (TPSA) is 76.2 Å². The Balaban J connectivity index is 1.64. The molecule has 3 aromatic rings. The quantitative estimate of drug-likeness (QED) is 0.752. The lowest BCUT2D eigenvalue weighted by Crippen LogP contribution is -2.20. The number of rotatable bonds is 5. The maximum Gasteiger partial charge on any atom is 0.262 e. The number of nitrogens with zero attached hydrogens (tertiary/aromatic N) is 1. The summed E-state index contributed by atoms with van der Waals surface area (Å²) in [6.07, 6.45) is 0. The number of anilines is 1. The van der Waals surface area contributed by atoms with Crippen molar-refractivity contribution in [3.05, 3.63) is 47.7 Å². The number of methoxy groups -OCH3 is 1. The first-order valence-corrected chi connectivity index (χ1v) is 7.24. The molecule has 2 aromatic carbocycles. The third-order valence-corrected chi connectivity index (χ3v) is 3.34. The molecule has 0 fully saturated rings. The van der Waals surface area contributed by atoms with Crippen molar-refractivity contribution in [2.45, 2.75) is 0 Å². The molecule has 0 spiro atoms. The number of fused-ring (bicyclic) bond motifs is 1. The molecule has 0 bridgehead atoms. The summed E-state index contributed by atoms with van der Waals surface area (Å²) in [6, 6.07) is 12.4. The number of para-hydroxylation sites is 2. The highest BCUT2D eigenvalue weighted by molar-refractivity contribution is 6.29. The van der Waals surface area contributed by atoms with Gasteiger partial charge in [0.25, 0.3) is 5.91 Å². The number of carbonyl (C=O) groups excluding carboxylic acids is 1. The highest BCUT2D eigenvalue weighted by atomic mass is 35.5. The normalized spacial score (nSPS) is 10.5. The van der Waals surface area contributed by atoms with E-state index in [1.54, 1.807) is 37.4 Å². The van der Waals surface area contributed by atoms with Gasteiger partial charge in [-0.05, 0) is 41.9 Å². The number of ether oxygens (including phenoxy) is 2. The van der Waals surface area contributed by atoms with Crippen LogP contribution >= 0.6 is 11.6 Å². The predicted octanol–water partition coefficient (Wildman–Crippen LogP) is 3.24. The van der Waals surface area contributed by atoms with Gasteiger partial charge in [-0.1, -0.05) is 12.1 Å². The number of imidazole rings is 1. The number of hydrogen-bond donors (Lipinski definition) is 2. The summed E-state index contributed by atoms with van der Waals surface area (Å²) in [7, 11) is 1.55. The van der Waals surface area contributed by atoms with E-state index in [2.05, 4.69) is 15.3 Å². The van der Waals surface area contributed by atoms with Gasteiger partial charge >= 0.3 is 0 Å². The second-order valence-electron chi connectivity index (χ2n) is 4.75. The van der Waals surface area contributed by atoms with E-state index in [0.717, 1.165) is 11.0 Å². The SMILES string of the molecule is COc1ccccc1OCC(=O)Nc1ccc2nc(Cl)[nH]c2c1. The number of aromatic nitrogens is 2. The van der Waals surface area contributed by atoms with Crippen LogP contribution < -0.4 is 14.8 Å². The number of halogens is 1. The van der Waals surface area contributed by atoms with Crippen LogP contribution in [0.2, 0.25) is 5.28 Å². The Morgan fingerprint density at radius 2 is 2.04 bits per heavy atom. The van der Waals surface area contributed by atoms with Gasteiger partial charge in [0, 0.05) is 5.69 Å². The first-order chi connectivity index (χ1) is 11.2. The molecule has 1 aromatic heterocycles. The van der Waals surface area contributed by atoms with Gasteiger partial charge in [-0.25, -0.2) is 4.98 Å². The van der Waals surface area contributed by atoms with Crippen molar-refractivity contribution in [2.24, 2.45) is 0 Å². The summed E-state index contributed by atoms with van der Waals surface area (Å²) in [5.41, 5.74) is 2.11. The van der Waals surface area contributed by atoms with Crippen LogP contribution in [-0.2, 0) is 4.79 Å². The largest absolute Gasteiger partial charge is 0.493 e. The van der Waals surface area contributed by atoms with Crippen LogP contribution in [0.4, 0.5) is 5.69 Å². The minimum atomic E-state index is -0.277. The van der Waals surface area contributed by atoms with E-state index >= 15 is 0 Å². The fourth-order valence-corrected chi connectivity index (χ4v) is 2.33. The third-order valence-electron chi connectivity index (χ3n) is 3.16.